The van der Waals surface area contributed by atoms with Gasteiger partial charge in [-0.3, -0.25) is 4.79 Å². The molecule has 0 saturated carbocycles. The summed E-state index contributed by atoms with van der Waals surface area (Å²) in [5.41, 5.74) is 0.211. The molecule has 0 heterocycles. The topological polar surface area (TPSA) is 49.8 Å². The second kappa shape index (κ2) is 8.89. The van der Waals surface area contributed by atoms with Gasteiger partial charge in [0.2, 0.25) is 0 Å². The molecule has 0 aliphatic carbocycles. The summed E-state index contributed by atoms with van der Waals surface area (Å²) in [5.74, 6) is -2.98. The molecule has 20 heavy (non-hydrogen) atoms. The molecule has 0 atom stereocenters. The van der Waals surface area contributed by atoms with E-state index in [1.54, 1.807) is 12.1 Å². The molecule has 4 nitrogen and oxygen atoms in total. The molecule has 1 aromatic rings. The monoisotopic (exact) mass is 305 g/mol. The average Bonchev–Trinajstić information content (AvgIpc) is 2.42. The maximum absolute atomic E-state index is 12.5. The van der Waals surface area contributed by atoms with Crippen LogP contribution in [0.4, 0.5) is 8.78 Å². The summed E-state index contributed by atoms with van der Waals surface area (Å²) in [5, 5.41) is 8.99. The van der Waals surface area contributed by atoms with E-state index in [9.17, 15) is 13.6 Å². The first-order valence-corrected chi connectivity index (χ1v) is 6.91. The Morgan fingerprint density at radius 3 is 2.70 bits per heavy atom. The van der Waals surface area contributed by atoms with Crippen LogP contribution in [-0.4, -0.2) is 55.1 Å². The van der Waals surface area contributed by atoms with Gasteiger partial charge < -0.3 is 14.7 Å². The lowest BCUT2D eigenvalue weighted by Crippen LogP contribution is -2.36. The zero-order chi connectivity index (χ0) is 15.0. The first kappa shape index (κ1) is 16.9. The summed E-state index contributed by atoms with van der Waals surface area (Å²) in [7, 11) is 1.50. The van der Waals surface area contributed by atoms with Crippen molar-refractivity contribution in [2.24, 2.45) is 0 Å². The van der Waals surface area contributed by atoms with Crippen LogP contribution in [0.5, 0.6) is 0 Å². The Balaban J connectivity index is 2.92. The summed E-state index contributed by atoms with van der Waals surface area (Å²) in [6, 6.07) is 6.21. The van der Waals surface area contributed by atoms with Gasteiger partial charge >= 0.3 is 0 Å². The molecule has 1 amide bonds. The number of hydrogen-bond acceptors (Lipinski definition) is 4. The summed E-state index contributed by atoms with van der Waals surface area (Å²) in [6.07, 6.45) is 0. The quantitative estimate of drug-likeness (QED) is 0.747. The number of rotatable bonds is 8. The van der Waals surface area contributed by atoms with E-state index in [1.165, 1.54) is 24.1 Å². The van der Waals surface area contributed by atoms with E-state index in [-0.39, 0.29) is 29.5 Å². The van der Waals surface area contributed by atoms with Crippen molar-refractivity contribution in [3.63, 3.8) is 0 Å². The van der Waals surface area contributed by atoms with Gasteiger partial charge in [-0.2, -0.15) is 8.78 Å². The van der Waals surface area contributed by atoms with Crippen LogP contribution in [-0.2, 0) is 4.74 Å². The zero-order valence-electron chi connectivity index (χ0n) is 11.1. The Morgan fingerprint density at radius 2 is 2.10 bits per heavy atom. The van der Waals surface area contributed by atoms with E-state index >= 15 is 0 Å². The maximum atomic E-state index is 12.5. The summed E-state index contributed by atoms with van der Waals surface area (Å²) < 4.78 is 29.9. The third kappa shape index (κ3) is 5.07. The van der Waals surface area contributed by atoms with Crippen molar-refractivity contribution in [3.05, 3.63) is 29.8 Å². The molecule has 0 spiro atoms. The third-order valence-corrected chi connectivity index (χ3v) is 3.34. The molecule has 0 bridgehead atoms. The number of carbonyl (C=O) groups excluding carboxylic acids is 1. The average molecular weight is 305 g/mol. The lowest BCUT2D eigenvalue weighted by molar-refractivity contribution is 0.0653. The van der Waals surface area contributed by atoms with Crippen molar-refractivity contribution in [3.8, 4) is 0 Å². The Kier molecular flexibility index (Phi) is 7.50. The lowest BCUT2D eigenvalue weighted by atomic mass is 10.2. The smallest absolute Gasteiger partial charge is 0.288 e. The minimum Gasteiger partial charge on any atom is -0.395 e. The minimum absolute atomic E-state index is 0.135. The number of aliphatic hydroxyl groups excluding tert-OH is 1. The van der Waals surface area contributed by atoms with Gasteiger partial charge in [-0.05, 0) is 12.1 Å². The fourth-order valence-electron chi connectivity index (χ4n) is 1.65. The van der Waals surface area contributed by atoms with Crippen LogP contribution in [0.3, 0.4) is 0 Å². The number of ether oxygens (including phenoxy) is 1. The highest BCUT2D eigenvalue weighted by molar-refractivity contribution is 7.99. The van der Waals surface area contributed by atoms with E-state index < -0.39 is 5.76 Å². The van der Waals surface area contributed by atoms with Crippen molar-refractivity contribution < 1.29 is 23.4 Å². The molecule has 0 unspecified atom stereocenters. The van der Waals surface area contributed by atoms with Gasteiger partial charge in [0.25, 0.3) is 11.7 Å². The van der Waals surface area contributed by atoms with Gasteiger partial charge in [-0.1, -0.05) is 23.9 Å². The molecular weight excluding hydrogens is 288 g/mol. The fourth-order valence-corrected chi connectivity index (χ4v) is 2.28. The molecule has 0 aromatic heterocycles. The van der Waals surface area contributed by atoms with Gasteiger partial charge in [0.1, 0.15) is 0 Å². The number of carbonyl (C=O) groups is 1. The van der Waals surface area contributed by atoms with Crippen LogP contribution in [0.2, 0.25) is 0 Å². The van der Waals surface area contributed by atoms with Crippen molar-refractivity contribution in [1.82, 2.24) is 4.90 Å². The highest BCUT2D eigenvalue weighted by atomic mass is 32.2. The molecule has 7 heteroatoms. The van der Waals surface area contributed by atoms with Gasteiger partial charge in [0.05, 0.1) is 18.8 Å². The number of methoxy groups -OCH3 is 1. The Morgan fingerprint density at radius 1 is 1.40 bits per heavy atom. The molecule has 112 valence electrons. The van der Waals surface area contributed by atoms with E-state index in [0.29, 0.717) is 24.9 Å². The standard InChI is InChI=1S/C13H17F2NO3S/c1-19-9-7-16(6-8-17)12(18)10-4-2-3-5-11(10)20-13(14)15/h2-5,13,17H,6-9H2,1H3. The number of alkyl halides is 2. The summed E-state index contributed by atoms with van der Waals surface area (Å²) >= 11 is 0.338. The number of thioether (sulfide) groups is 1. The van der Waals surface area contributed by atoms with Gasteiger partial charge in [-0.25, -0.2) is 0 Å². The van der Waals surface area contributed by atoms with Crippen LogP contribution in [0, 0.1) is 0 Å². The van der Waals surface area contributed by atoms with E-state index in [1.807, 2.05) is 0 Å². The van der Waals surface area contributed by atoms with Crippen molar-refractivity contribution >= 4 is 17.7 Å². The van der Waals surface area contributed by atoms with Gasteiger partial charge in [-0.15, -0.1) is 0 Å². The lowest BCUT2D eigenvalue weighted by Gasteiger charge is -2.22. The van der Waals surface area contributed by atoms with Crippen LogP contribution < -0.4 is 0 Å². The number of amides is 1. The number of halogens is 2. The van der Waals surface area contributed by atoms with Crippen molar-refractivity contribution in [2.75, 3.05) is 33.4 Å². The maximum Gasteiger partial charge on any atom is 0.288 e. The van der Waals surface area contributed by atoms with E-state index in [0.717, 1.165) is 0 Å². The number of hydrogen-bond donors (Lipinski definition) is 1. The molecular formula is C13H17F2NO3S. The SMILES string of the molecule is COCCN(CCO)C(=O)c1ccccc1SC(F)F. The first-order valence-electron chi connectivity index (χ1n) is 6.03. The van der Waals surface area contributed by atoms with Crippen LogP contribution in [0.1, 0.15) is 10.4 Å². The van der Waals surface area contributed by atoms with E-state index in [4.69, 9.17) is 9.84 Å². The fraction of sp³-hybridized carbons (Fsp3) is 0.462. The van der Waals surface area contributed by atoms with Crippen molar-refractivity contribution in [2.45, 2.75) is 10.7 Å². The Labute approximate surface area is 120 Å². The molecule has 0 saturated heterocycles. The predicted molar refractivity (Wildman–Crippen MR) is 73.2 cm³/mol. The Hall–Kier alpha value is -1.18. The third-order valence-electron chi connectivity index (χ3n) is 2.56. The van der Waals surface area contributed by atoms with Crippen LogP contribution in [0.15, 0.2) is 29.2 Å². The molecule has 0 radical (unpaired) electrons. The summed E-state index contributed by atoms with van der Waals surface area (Å²) in [4.78, 5) is 14.0. The molecule has 0 aliphatic heterocycles. The summed E-state index contributed by atoms with van der Waals surface area (Å²) in [6.45, 7) is 0.551. The second-order valence-corrected chi connectivity index (χ2v) is 4.92. The number of nitrogens with zero attached hydrogens (tertiary/aromatic N) is 1. The highest BCUT2D eigenvalue weighted by Crippen LogP contribution is 2.29. The molecule has 0 aliphatic rings. The first-order chi connectivity index (χ1) is 9.60. The zero-order valence-corrected chi connectivity index (χ0v) is 11.9. The molecule has 0 fully saturated rings. The van der Waals surface area contributed by atoms with Gasteiger partial charge in [0, 0.05) is 25.1 Å². The normalized spacial score (nSPS) is 10.8. The Bertz CT molecular complexity index is 432. The minimum atomic E-state index is -2.59. The molecule has 1 aromatic carbocycles. The second-order valence-electron chi connectivity index (χ2n) is 3.88. The highest BCUT2D eigenvalue weighted by Gasteiger charge is 2.20. The molecule has 1 rings (SSSR count). The molecule has 1 N–H and O–H groups in total. The largest absolute Gasteiger partial charge is 0.395 e. The van der Waals surface area contributed by atoms with E-state index in [2.05, 4.69) is 0 Å². The van der Waals surface area contributed by atoms with Crippen LogP contribution >= 0.6 is 11.8 Å². The number of aliphatic hydroxyl groups is 1. The predicted octanol–water partition coefficient (Wildman–Crippen LogP) is 2.08. The van der Waals surface area contributed by atoms with Crippen molar-refractivity contribution in [1.29, 1.82) is 0 Å². The number of benzene rings is 1. The van der Waals surface area contributed by atoms with Gasteiger partial charge in [0.15, 0.2) is 0 Å². The van der Waals surface area contributed by atoms with Crippen LogP contribution in [0.25, 0.3) is 0 Å².